The normalized spacial score (nSPS) is 19.4. The Morgan fingerprint density at radius 3 is 2.95 bits per heavy atom. The Bertz CT molecular complexity index is 577. The lowest BCUT2D eigenvalue weighted by molar-refractivity contribution is -0.128. The van der Waals surface area contributed by atoms with Crippen LogP contribution in [0.15, 0.2) is 23.1 Å². The summed E-state index contributed by atoms with van der Waals surface area (Å²) in [5.41, 5.74) is 0.287. The number of pyridine rings is 1. The number of alkyl halides is 2. The molecule has 1 aliphatic heterocycles. The fraction of sp³-hybridized carbons (Fsp3) is 0.571. The van der Waals surface area contributed by atoms with Crippen molar-refractivity contribution in [2.24, 2.45) is 0 Å². The van der Waals surface area contributed by atoms with E-state index in [1.807, 2.05) is 6.92 Å². The van der Waals surface area contributed by atoms with Gasteiger partial charge in [0.05, 0.1) is 25.4 Å². The molecule has 22 heavy (non-hydrogen) atoms. The molecule has 2 heterocycles. The second kappa shape index (κ2) is 7.46. The summed E-state index contributed by atoms with van der Waals surface area (Å²) < 4.78 is 31.8. The molecule has 2 rings (SSSR count). The summed E-state index contributed by atoms with van der Waals surface area (Å²) in [5, 5.41) is 2.65. The molecule has 1 saturated heterocycles. The number of nitrogens with zero attached hydrogens (tertiary/aromatic N) is 2. The van der Waals surface area contributed by atoms with E-state index in [1.165, 1.54) is 27.8 Å². The Balaban J connectivity index is 2.08. The molecule has 1 unspecified atom stereocenters. The molecule has 0 saturated carbocycles. The van der Waals surface area contributed by atoms with E-state index in [-0.39, 0.29) is 18.7 Å². The number of ether oxygens (including phenoxy) is 1. The highest BCUT2D eigenvalue weighted by Crippen LogP contribution is 2.12. The van der Waals surface area contributed by atoms with Gasteiger partial charge in [0.1, 0.15) is 6.04 Å². The predicted octanol–water partition coefficient (Wildman–Crippen LogP) is 0.773. The molecule has 0 aliphatic carbocycles. The van der Waals surface area contributed by atoms with Crippen LogP contribution < -0.4 is 10.9 Å². The average Bonchev–Trinajstić information content (AvgIpc) is 2.49. The third-order valence-corrected chi connectivity index (χ3v) is 3.51. The SMILES string of the molecule is CCn1cc(NC(=O)C2COCCN2CC(F)F)ccc1=O. The molecule has 0 bridgehead atoms. The van der Waals surface area contributed by atoms with Crippen molar-refractivity contribution in [2.45, 2.75) is 25.9 Å². The van der Waals surface area contributed by atoms with E-state index >= 15 is 0 Å². The van der Waals surface area contributed by atoms with E-state index in [2.05, 4.69) is 5.32 Å². The zero-order valence-electron chi connectivity index (χ0n) is 12.3. The van der Waals surface area contributed by atoms with Crippen molar-refractivity contribution in [3.05, 3.63) is 28.7 Å². The highest BCUT2D eigenvalue weighted by molar-refractivity contribution is 5.94. The first-order chi connectivity index (χ1) is 10.5. The molecule has 8 heteroatoms. The monoisotopic (exact) mass is 315 g/mol. The first kappa shape index (κ1) is 16.6. The van der Waals surface area contributed by atoms with Crippen LogP contribution in [0.1, 0.15) is 6.92 Å². The van der Waals surface area contributed by atoms with Crippen LogP contribution in [0, 0.1) is 0 Å². The lowest BCUT2D eigenvalue weighted by Crippen LogP contribution is -2.53. The quantitative estimate of drug-likeness (QED) is 0.872. The number of hydrogen-bond acceptors (Lipinski definition) is 4. The Labute approximate surface area is 126 Å². The Morgan fingerprint density at radius 1 is 1.50 bits per heavy atom. The summed E-state index contributed by atoms with van der Waals surface area (Å²) >= 11 is 0. The molecule has 1 aliphatic rings. The molecule has 1 amide bonds. The summed E-state index contributed by atoms with van der Waals surface area (Å²) in [5.74, 6) is -0.415. The molecule has 1 atom stereocenters. The zero-order valence-corrected chi connectivity index (χ0v) is 12.3. The van der Waals surface area contributed by atoms with Gasteiger partial charge < -0.3 is 14.6 Å². The maximum atomic E-state index is 12.6. The summed E-state index contributed by atoms with van der Waals surface area (Å²) in [7, 11) is 0. The first-order valence-electron chi connectivity index (χ1n) is 7.12. The molecular weight excluding hydrogens is 296 g/mol. The molecule has 0 spiro atoms. The summed E-state index contributed by atoms with van der Waals surface area (Å²) in [6.45, 7) is 2.52. The average molecular weight is 315 g/mol. The van der Waals surface area contributed by atoms with Gasteiger partial charge >= 0.3 is 0 Å². The zero-order chi connectivity index (χ0) is 16.1. The van der Waals surface area contributed by atoms with Crippen LogP contribution in [-0.2, 0) is 16.1 Å². The summed E-state index contributed by atoms with van der Waals surface area (Å²) in [4.78, 5) is 25.2. The van der Waals surface area contributed by atoms with Crippen LogP contribution >= 0.6 is 0 Å². The highest BCUT2D eigenvalue weighted by atomic mass is 19.3. The molecule has 1 N–H and O–H groups in total. The predicted molar refractivity (Wildman–Crippen MR) is 77.2 cm³/mol. The first-order valence-corrected chi connectivity index (χ1v) is 7.12. The number of halogens is 2. The van der Waals surface area contributed by atoms with Gasteiger partial charge in [-0.1, -0.05) is 0 Å². The smallest absolute Gasteiger partial charge is 0.251 e. The molecule has 122 valence electrons. The number of anilines is 1. The number of carbonyl (C=O) groups is 1. The number of hydrogen-bond donors (Lipinski definition) is 1. The number of rotatable bonds is 5. The number of amides is 1. The lowest BCUT2D eigenvalue weighted by Gasteiger charge is -2.34. The van der Waals surface area contributed by atoms with Gasteiger partial charge in [0.15, 0.2) is 0 Å². The molecule has 6 nitrogen and oxygen atoms in total. The van der Waals surface area contributed by atoms with Crippen molar-refractivity contribution in [1.29, 1.82) is 0 Å². The van der Waals surface area contributed by atoms with Gasteiger partial charge in [0.2, 0.25) is 5.91 Å². The molecule has 1 fully saturated rings. The van der Waals surface area contributed by atoms with Gasteiger partial charge in [-0.05, 0) is 13.0 Å². The van der Waals surface area contributed by atoms with E-state index < -0.39 is 24.9 Å². The van der Waals surface area contributed by atoms with Gasteiger partial charge in [-0.2, -0.15) is 0 Å². The fourth-order valence-electron chi connectivity index (χ4n) is 2.35. The van der Waals surface area contributed by atoms with Crippen molar-refractivity contribution in [1.82, 2.24) is 9.47 Å². The Kier molecular flexibility index (Phi) is 5.62. The van der Waals surface area contributed by atoms with Crippen molar-refractivity contribution < 1.29 is 18.3 Å². The number of aryl methyl sites for hydroxylation is 1. The minimum atomic E-state index is -2.50. The van der Waals surface area contributed by atoms with Crippen LogP contribution in [0.4, 0.5) is 14.5 Å². The molecular formula is C14H19F2N3O3. The number of carbonyl (C=O) groups excluding carboxylic acids is 1. The second-order valence-corrected chi connectivity index (χ2v) is 5.01. The Hall–Kier alpha value is -1.80. The van der Waals surface area contributed by atoms with Crippen LogP contribution in [0.25, 0.3) is 0 Å². The second-order valence-electron chi connectivity index (χ2n) is 5.01. The number of morpholine rings is 1. The highest BCUT2D eigenvalue weighted by Gasteiger charge is 2.31. The van der Waals surface area contributed by atoms with Crippen LogP contribution in [-0.4, -0.2) is 54.1 Å². The minimum absolute atomic E-state index is 0.0754. The summed E-state index contributed by atoms with van der Waals surface area (Å²) in [6.07, 6.45) is -0.975. The summed E-state index contributed by atoms with van der Waals surface area (Å²) in [6, 6.07) is 2.09. The van der Waals surface area contributed by atoms with Crippen molar-refractivity contribution in [3.8, 4) is 0 Å². The lowest BCUT2D eigenvalue weighted by atomic mass is 10.2. The Morgan fingerprint density at radius 2 is 2.27 bits per heavy atom. The van der Waals surface area contributed by atoms with Gasteiger partial charge in [-0.3, -0.25) is 14.5 Å². The van der Waals surface area contributed by atoms with Crippen LogP contribution in [0.3, 0.4) is 0 Å². The fourth-order valence-corrected chi connectivity index (χ4v) is 2.35. The van der Waals surface area contributed by atoms with E-state index in [1.54, 1.807) is 0 Å². The van der Waals surface area contributed by atoms with Gasteiger partial charge in [0.25, 0.3) is 12.0 Å². The molecule has 1 aromatic heterocycles. The standard InChI is InChI=1S/C14H19F2N3O3/c1-2-18-7-10(3-4-13(18)20)17-14(21)11-9-22-6-5-19(11)8-12(15)16/h3-4,7,11-12H,2,5-6,8-9H2,1H3,(H,17,21). The van der Waals surface area contributed by atoms with Gasteiger partial charge in [0, 0.05) is 25.4 Å². The maximum absolute atomic E-state index is 12.6. The number of aromatic nitrogens is 1. The van der Waals surface area contributed by atoms with Crippen molar-refractivity contribution in [3.63, 3.8) is 0 Å². The van der Waals surface area contributed by atoms with Crippen molar-refractivity contribution in [2.75, 3.05) is 31.6 Å². The van der Waals surface area contributed by atoms with E-state index in [0.717, 1.165) is 0 Å². The largest absolute Gasteiger partial charge is 0.378 e. The van der Waals surface area contributed by atoms with Crippen molar-refractivity contribution >= 4 is 11.6 Å². The van der Waals surface area contributed by atoms with E-state index in [4.69, 9.17) is 4.74 Å². The minimum Gasteiger partial charge on any atom is -0.378 e. The third kappa shape index (κ3) is 4.11. The molecule has 0 aromatic carbocycles. The molecule has 0 radical (unpaired) electrons. The van der Waals surface area contributed by atoms with Crippen LogP contribution in [0.2, 0.25) is 0 Å². The van der Waals surface area contributed by atoms with Gasteiger partial charge in [-0.15, -0.1) is 0 Å². The van der Waals surface area contributed by atoms with E-state index in [0.29, 0.717) is 18.8 Å². The topological polar surface area (TPSA) is 63.6 Å². The molecule has 1 aromatic rings. The maximum Gasteiger partial charge on any atom is 0.251 e. The third-order valence-electron chi connectivity index (χ3n) is 3.51. The van der Waals surface area contributed by atoms with Gasteiger partial charge in [-0.25, -0.2) is 8.78 Å². The van der Waals surface area contributed by atoms with E-state index in [9.17, 15) is 18.4 Å². The number of nitrogens with one attached hydrogen (secondary N) is 1. The van der Waals surface area contributed by atoms with Crippen LogP contribution in [0.5, 0.6) is 0 Å².